The van der Waals surface area contributed by atoms with E-state index in [4.69, 9.17) is 0 Å². The predicted molar refractivity (Wildman–Crippen MR) is 85.8 cm³/mol. The van der Waals surface area contributed by atoms with Gasteiger partial charge in [-0.2, -0.15) is 0 Å². The first-order chi connectivity index (χ1) is 9.97. The van der Waals surface area contributed by atoms with Gasteiger partial charge in [0.15, 0.2) is 0 Å². The zero-order valence-electron chi connectivity index (χ0n) is 11.9. The lowest BCUT2D eigenvalue weighted by Crippen LogP contribution is -2.31. The summed E-state index contributed by atoms with van der Waals surface area (Å²) in [6.07, 6.45) is 0. The molecule has 0 heterocycles. The number of rotatable bonds is 3. The fourth-order valence-corrected chi connectivity index (χ4v) is 2.31. The Kier molecular flexibility index (Phi) is 4.96. The molecule has 0 saturated heterocycles. The van der Waals surface area contributed by atoms with Crippen molar-refractivity contribution in [1.29, 1.82) is 0 Å². The molecule has 0 atom stereocenters. The van der Waals surface area contributed by atoms with Gasteiger partial charge in [0.25, 0.3) is 0 Å². The normalized spacial score (nSPS) is 10.3. The molecule has 0 bridgehead atoms. The highest BCUT2D eigenvalue weighted by Gasteiger charge is 2.13. The van der Waals surface area contributed by atoms with Crippen molar-refractivity contribution in [3.63, 3.8) is 0 Å². The Bertz CT molecular complexity index is 660. The van der Waals surface area contributed by atoms with Gasteiger partial charge in [-0.15, -0.1) is 0 Å². The van der Waals surface area contributed by atoms with E-state index in [0.717, 1.165) is 15.6 Å². The molecule has 3 nitrogen and oxygen atoms in total. The maximum Gasteiger partial charge on any atom is 0.321 e. The average Bonchev–Trinajstić information content (AvgIpc) is 2.45. The number of halogens is 2. The van der Waals surface area contributed by atoms with Crippen molar-refractivity contribution in [2.24, 2.45) is 0 Å². The van der Waals surface area contributed by atoms with Crippen molar-refractivity contribution in [2.45, 2.75) is 13.5 Å². The maximum absolute atomic E-state index is 13.6. The predicted octanol–water partition coefficient (Wildman–Crippen LogP) is 4.56. The number of benzene rings is 2. The monoisotopic (exact) mass is 350 g/mol. The third kappa shape index (κ3) is 4.04. The number of hydrogen-bond acceptors (Lipinski definition) is 1. The minimum atomic E-state index is -0.441. The van der Waals surface area contributed by atoms with Gasteiger partial charge in [-0.25, -0.2) is 9.18 Å². The lowest BCUT2D eigenvalue weighted by Gasteiger charge is -2.19. The van der Waals surface area contributed by atoms with Gasteiger partial charge in [-0.1, -0.05) is 40.2 Å². The molecule has 0 fully saturated rings. The van der Waals surface area contributed by atoms with Crippen molar-refractivity contribution in [3.8, 4) is 0 Å². The second-order valence-electron chi connectivity index (χ2n) is 4.86. The van der Waals surface area contributed by atoms with Crippen LogP contribution in [0, 0.1) is 12.7 Å². The first-order valence-corrected chi connectivity index (χ1v) is 7.28. The van der Waals surface area contributed by atoms with Crippen LogP contribution in [0.3, 0.4) is 0 Å². The molecule has 1 N–H and O–H groups in total. The Balaban J connectivity index is 2.06. The summed E-state index contributed by atoms with van der Waals surface area (Å²) in [4.78, 5) is 13.6. The topological polar surface area (TPSA) is 32.3 Å². The van der Waals surface area contributed by atoms with Gasteiger partial charge < -0.3 is 10.2 Å². The molecule has 0 unspecified atom stereocenters. The minimum absolute atomic E-state index is 0.193. The van der Waals surface area contributed by atoms with Crippen molar-refractivity contribution in [2.75, 3.05) is 12.4 Å². The van der Waals surface area contributed by atoms with Crippen molar-refractivity contribution >= 4 is 27.6 Å². The Hall–Kier alpha value is -1.88. The number of anilines is 1. The highest BCUT2D eigenvalue weighted by molar-refractivity contribution is 9.10. The minimum Gasteiger partial charge on any atom is -0.323 e. The van der Waals surface area contributed by atoms with Crippen molar-refractivity contribution < 1.29 is 9.18 Å². The molecule has 21 heavy (non-hydrogen) atoms. The molecule has 0 spiro atoms. The van der Waals surface area contributed by atoms with Crippen molar-refractivity contribution in [1.82, 2.24) is 4.90 Å². The number of urea groups is 1. The Morgan fingerprint density at radius 3 is 2.71 bits per heavy atom. The third-order valence-electron chi connectivity index (χ3n) is 3.08. The summed E-state index contributed by atoms with van der Waals surface area (Å²) >= 11 is 3.44. The standard InChI is InChI=1S/C16H16BrFN2O/c1-11-7-8-14(18)15(9-11)19-16(21)20(2)10-12-5-3-4-6-13(12)17/h3-9H,10H2,1-2H3,(H,19,21). The SMILES string of the molecule is Cc1ccc(F)c(NC(=O)N(C)Cc2ccccc2Br)c1. The van der Waals surface area contributed by atoms with E-state index in [-0.39, 0.29) is 11.7 Å². The average molecular weight is 351 g/mol. The van der Waals surface area contributed by atoms with E-state index in [2.05, 4.69) is 21.2 Å². The van der Waals surface area contributed by atoms with Crippen LogP contribution < -0.4 is 5.32 Å². The largest absolute Gasteiger partial charge is 0.323 e. The number of carbonyl (C=O) groups is 1. The van der Waals surface area contributed by atoms with E-state index in [0.29, 0.717) is 6.54 Å². The summed E-state index contributed by atoms with van der Waals surface area (Å²) in [5.74, 6) is -0.441. The number of nitrogens with zero attached hydrogens (tertiary/aromatic N) is 1. The van der Waals surface area contributed by atoms with E-state index < -0.39 is 5.82 Å². The van der Waals surface area contributed by atoms with Crippen LogP contribution in [0.25, 0.3) is 0 Å². The van der Waals surface area contributed by atoms with Crippen LogP contribution in [0.2, 0.25) is 0 Å². The maximum atomic E-state index is 13.6. The fraction of sp³-hybridized carbons (Fsp3) is 0.188. The van der Waals surface area contributed by atoms with Crippen molar-refractivity contribution in [3.05, 3.63) is 63.9 Å². The molecule has 0 saturated carbocycles. The molecule has 2 aromatic carbocycles. The Labute approximate surface area is 131 Å². The van der Waals surface area contributed by atoms with Gasteiger partial charge in [0, 0.05) is 18.1 Å². The van der Waals surface area contributed by atoms with Crippen LogP contribution in [0.5, 0.6) is 0 Å². The molecule has 0 radical (unpaired) electrons. The number of hydrogen-bond donors (Lipinski definition) is 1. The summed E-state index contributed by atoms with van der Waals surface area (Å²) in [6, 6.07) is 11.9. The van der Waals surface area contributed by atoms with Gasteiger partial charge in [0.05, 0.1) is 5.69 Å². The zero-order valence-corrected chi connectivity index (χ0v) is 13.4. The molecule has 0 aliphatic carbocycles. The van der Waals surface area contributed by atoms with E-state index in [1.807, 2.05) is 31.2 Å². The van der Waals surface area contributed by atoms with Gasteiger partial charge in [-0.05, 0) is 36.2 Å². The van der Waals surface area contributed by atoms with Crippen LogP contribution in [0.1, 0.15) is 11.1 Å². The summed E-state index contributed by atoms with van der Waals surface area (Å²) < 4.78 is 14.6. The summed E-state index contributed by atoms with van der Waals surface area (Å²) in [5.41, 5.74) is 2.07. The summed E-state index contributed by atoms with van der Waals surface area (Å²) in [6.45, 7) is 2.28. The second-order valence-corrected chi connectivity index (χ2v) is 5.72. The molecule has 2 aromatic rings. The van der Waals surface area contributed by atoms with Gasteiger partial charge in [-0.3, -0.25) is 0 Å². The molecule has 0 aromatic heterocycles. The van der Waals surface area contributed by atoms with Gasteiger partial charge in [0.1, 0.15) is 5.82 Å². The second kappa shape index (κ2) is 6.72. The van der Waals surface area contributed by atoms with Crippen LogP contribution in [-0.4, -0.2) is 18.0 Å². The zero-order chi connectivity index (χ0) is 15.4. The molecular formula is C16H16BrFN2O. The van der Waals surface area contributed by atoms with Crippen LogP contribution >= 0.6 is 15.9 Å². The highest BCUT2D eigenvalue weighted by atomic mass is 79.9. The number of amides is 2. The molecule has 2 amide bonds. The van der Waals surface area contributed by atoms with Gasteiger partial charge in [0.2, 0.25) is 0 Å². The molecule has 5 heteroatoms. The number of aryl methyl sites for hydroxylation is 1. The van der Waals surface area contributed by atoms with E-state index in [1.165, 1.54) is 11.0 Å². The highest BCUT2D eigenvalue weighted by Crippen LogP contribution is 2.19. The number of carbonyl (C=O) groups excluding carboxylic acids is 1. The smallest absolute Gasteiger partial charge is 0.321 e. The van der Waals surface area contributed by atoms with Crippen LogP contribution in [-0.2, 0) is 6.54 Å². The van der Waals surface area contributed by atoms with E-state index in [9.17, 15) is 9.18 Å². The summed E-state index contributed by atoms with van der Waals surface area (Å²) in [7, 11) is 1.67. The lowest BCUT2D eigenvalue weighted by molar-refractivity contribution is 0.220. The molecular weight excluding hydrogens is 335 g/mol. The Morgan fingerprint density at radius 1 is 1.29 bits per heavy atom. The van der Waals surface area contributed by atoms with Crippen LogP contribution in [0.15, 0.2) is 46.9 Å². The number of nitrogens with one attached hydrogen (secondary N) is 1. The molecule has 2 rings (SSSR count). The van der Waals surface area contributed by atoms with E-state index in [1.54, 1.807) is 19.2 Å². The first-order valence-electron chi connectivity index (χ1n) is 6.49. The fourth-order valence-electron chi connectivity index (χ4n) is 1.90. The third-order valence-corrected chi connectivity index (χ3v) is 3.85. The first kappa shape index (κ1) is 15.5. The van der Waals surface area contributed by atoms with Crippen LogP contribution in [0.4, 0.5) is 14.9 Å². The Morgan fingerprint density at radius 2 is 2.00 bits per heavy atom. The quantitative estimate of drug-likeness (QED) is 0.864. The molecule has 0 aliphatic heterocycles. The summed E-state index contributed by atoms with van der Waals surface area (Å²) in [5, 5.41) is 2.59. The lowest BCUT2D eigenvalue weighted by atomic mass is 10.2. The van der Waals surface area contributed by atoms with E-state index >= 15 is 0 Å². The van der Waals surface area contributed by atoms with Gasteiger partial charge >= 0.3 is 6.03 Å². The molecule has 0 aliphatic rings. The molecule has 110 valence electrons.